The second-order valence-corrected chi connectivity index (χ2v) is 13.7. The second kappa shape index (κ2) is 12.0. The van der Waals surface area contributed by atoms with Gasteiger partial charge < -0.3 is 4.42 Å². The van der Waals surface area contributed by atoms with Crippen LogP contribution in [-0.2, 0) is 6.42 Å². The molecule has 0 aliphatic rings. The van der Waals surface area contributed by atoms with Crippen molar-refractivity contribution >= 4 is 65.0 Å². The van der Waals surface area contributed by atoms with Crippen molar-refractivity contribution in [2.75, 3.05) is 0 Å². The average molecular weight is 653 g/mol. The summed E-state index contributed by atoms with van der Waals surface area (Å²) in [5.74, 6) is 0. The van der Waals surface area contributed by atoms with E-state index in [0.717, 1.165) is 28.5 Å². The highest BCUT2D eigenvalue weighted by Gasteiger charge is 2.23. The Balaban J connectivity index is 1.30. The lowest BCUT2D eigenvalue weighted by Crippen LogP contribution is -1.94. The summed E-state index contributed by atoms with van der Waals surface area (Å²) < 4.78 is 7.01. The van der Waals surface area contributed by atoms with Crippen LogP contribution in [0.4, 0.5) is 0 Å². The van der Waals surface area contributed by atoms with Gasteiger partial charge in [-0.3, -0.25) is 0 Å². The van der Waals surface area contributed by atoms with Crippen molar-refractivity contribution in [1.29, 1.82) is 0 Å². The van der Waals surface area contributed by atoms with E-state index in [1.165, 1.54) is 94.7 Å². The number of aryl methyl sites for hydroxylation is 1. The van der Waals surface area contributed by atoms with Crippen LogP contribution in [0.3, 0.4) is 0 Å². The minimum absolute atomic E-state index is 0.910. The lowest BCUT2D eigenvalue weighted by atomic mass is 9.84. The predicted octanol–water partition coefficient (Wildman–Crippen LogP) is 14.5. The van der Waals surface area contributed by atoms with Gasteiger partial charge in [0.2, 0.25) is 0 Å². The average Bonchev–Trinajstić information content (AvgIpc) is 3.58. The molecular weight excluding hydrogens is 617 g/mol. The summed E-state index contributed by atoms with van der Waals surface area (Å²) in [6, 6.07) is 59.8. The fourth-order valence-electron chi connectivity index (χ4n) is 8.72. The minimum atomic E-state index is 0.910. The van der Waals surface area contributed by atoms with E-state index >= 15 is 0 Å². The number of hydrogen-bond acceptors (Lipinski definition) is 1. The summed E-state index contributed by atoms with van der Waals surface area (Å²) in [4.78, 5) is 0. The molecule has 242 valence electrons. The Morgan fingerprint density at radius 3 is 1.43 bits per heavy atom. The zero-order chi connectivity index (χ0) is 33.9. The number of furan rings is 1. The third kappa shape index (κ3) is 4.55. The largest absolute Gasteiger partial charge is 0.455 e. The number of rotatable bonds is 6. The number of benzene rings is 9. The first-order valence-electron chi connectivity index (χ1n) is 18.2. The third-order valence-electron chi connectivity index (χ3n) is 10.9. The molecule has 0 aliphatic heterocycles. The van der Waals surface area contributed by atoms with Crippen molar-refractivity contribution in [2.24, 2.45) is 0 Å². The molecule has 0 amide bonds. The molecule has 0 fully saturated rings. The quantitative estimate of drug-likeness (QED) is 0.163. The molecule has 0 N–H and O–H groups in total. The highest BCUT2D eigenvalue weighted by atomic mass is 16.3. The minimum Gasteiger partial charge on any atom is -0.455 e. The number of hydrogen-bond donors (Lipinski definition) is 0. The SMILES string of the molecule is CCCCc1c2ccccc2c(-c2cccc3oc4c(-c5c6ccccc6c(-c6ccccc6)c6ccccc56)cccc4c23)c2ccccc12. The molecule has 1 heteroatoms. The van der Waals surface area contributed by atoms with E-state index in [-0.39, 0.29) is 0 Å². The van der Waals surface area contributed by atoms with Gasteiger partial charge in [0.15, 0.2) is 0 Å². The Bertz CT molecular complexity index is 2830. The standard InChI is InChI=1S/C50H36O/c1-2-3-19-33-34-20-7-9-22-36(34)47(37-23-10-8-21-35(33)37)42-28-16-31-45-49(42)44-30-15-29-43(50(44)51-45)48-40-26-13-11-24-38(40)46(32-17-5-4-6-18-32)39-25-12-14-27-41(39)48/h4-18,20-31H,2-3,19H2,1H3. The monoisotopic (exact) mass is 652 g/mol. The molecular formula is C50H36O. The lowest BCUT2D eigenvalue weighted by Gasteiger charge is -2.18. The van der Waals surface area contributed by atoms with Gasteiger partial charge in [0, 0.05) is 21.9 Å². The summed E-state index contributed by atoms with van der Waals surface area (Å²) in [6.07, 6.45) is 3.42. The Labute approximate surface area is 297 Å². The van der Waals surface area contributed by atoms with E-state index in [0.29, 0.717) is 0 Å². The number of unbranched alkanes of at least 4 members (excludes halogenated alkanes) is 1. The molecule has 0 spiro atoms. The molecule has 51 heavy (non-hydrogen) atoms. The molecule has 1 heterocycles. The molecule has 0 bridgehead atoms. The Kier molecular flexibility index (Phi) is 6.99. The van der Waals surface area contributed by atoms with Crippen LogP contribution in [0, 0.1) is 0 Å². The Morgan fingerprint density at radius 2 is 0.843 bits per heavy atom. The molecule has 10 aromatic rings. The van der Waals surface area contributed by atoms with Crippen LogP contribution in [0.2, 0.25) is 0 Å². The second-order valence-electron chi connectivity index (χ2n) is 13.7. The van der Waals surface area contributed by atoms with Gasteiger partial charge in [0.05, 0.1) is 0 Å². The zero-order valence-electron chi connectivity index (χ0n) is 28.6. The van der Waals surface area contributed by atoms with E-state index in [2.05, 4.69) is 171 Å². The molecule has 0 unspecified atom stereocenters. The summed E-state index contributed by atoms with van der Waals surface area (Å²) in [6.45, 7) is 2.28. The van der Waals surface area contributed by atoms with Gasteiger partial charge in [-0.05, 0) is 89.8 Å². The highest BCUT2D eigenvalue weighted by Crippen LogP contribution is 2.49. The Morgan fingerprint density at radius 1 is 0.392 bits per heavy atom. The fraction of sp³-hybridized carbons (Fsp3) is 0.0800. The van der Waals surface area contributed by atoms with Crippen molar-refractivity contribution in [3.05, 3.63) is 169 Å². The van der Waals surface area contributed by atoms with Crippen LogP contribution in [-0.4, -0.2) is 0 Å². The molecule has 0 atom stereocenters. The van der Waals surface area contributed by atoms with Gasteiger partial charge in [-0.15, -0.1) is 0 Å². The molecule has 10 rings (SSSR count). The maximum absolute atomic E-state index is 7.01. The lowest BCUT2D eigenvalue weighted by molar-refractivity contribution is 0.670. The third-order valence-corrected chi connectivity index (χ3v) is 10.9. The molecule has 1 nitrogen and oxygen atoms in total. The van der Waals surface area contributed by atoms with E-state index in [4.69, 9.17) is 4.42 Å². The summed E-state index contributed by atoms with van der Waals surface area (Å²) in [7, 11) is 0. The normalized spacial score (nSPS) is 11.9. The molecule has 0 saturated heterocycles. The number of fused-ring (bicyclic) bond motifs is 7. The van der Waals surface area contributed by atoms with E-state index in [1.54, 1.807) is 0 Å². The van der Waals surface area contributed by atoms with Crippen molar-refractivity contribution in [3.8, 4) is 33.4 Å². The van der Waals surface area contributed by atoms with E-state index in [9.17, 15) is 0 Å². The summed E-state index contributed by atoms with van der Waals surface area (Å²) >= 11 is 0. The van der Waals surface area contributed by atoms with Crippen LogP contribution in [0.15, 0.2) is 168 Å². The summed E-state index contributed by atoms with van der Waals surface area (Å²) in [5.41, 5.74) is 10.6. The van der Waals surface area contributed by atoms with E-state index in [1.807, 2.05) is 0 Å². The van der Waals surface area contributed by atoms with Crippen LogP contribution in [0.5, 0.6) is 0 Å². The summed E-state index contributed by atoms with van der Waals surface area (Å²) in [5, 5.41) is 12.5. The van der Waals surface area contributed by atoms with Gasteiger partial charge in [-0.1, -0.05) is 171 Å². The van der Waals surface area contributed by atoms with Gasteiger partial charge in [0.25, 0.3) is 0 Å². The highest BCUT2D eigenvalue weighted by molar-refractivity contribution is 6.26. The molecule has 1 aromatic heterocycles. The molecule has 0 aliphatic carbocycles. The maximum Gasteiger partial charge on any atom is 0.143 e. The maximum atomic E-state index is 7.01. The van der Waals surface area contributed by atoms with Crippen LogP contribution < -0.4 is 0 Å². The Hall–Kier alpha value is -6.18. The van der Waals surface area contributed by atoms with Crippen molar-refractivity contribution < 1.29 is 4.42 Å². The topological polar surface area (TPSA) is 13.1 Å². The zero-order valence-corrected chi connectivity index (χ0v) is 28.6. The first-order valence-corrected chi connectivity index (χ1v) is 18.2. The molecule has 0 saturated carbocycles. The van der Waals surface area contributed by atoms with Gasteiger partial charge in [0.1, 0.15) is 11.2 Å². The molecule has 0 radical (unpaired) electrons. The van der Waals surface area contributed by atoms with Gasteiger partial charge in [-0.25, -0.2) is 0 Å². The van der Waals surface area contributed by atoms with E-state index < -0.39 is 0 Å². The van der Waals surface area contributed by atoms with Crippen molar-refractivity contribution in [1.82, 2.24) is 0 Å². The van der Waals surface area contributed by atoms with Crippen LogP contribution in [0.1, 0.15) is 25.3 Å². The first-order chi connectivity index (χ1) is 25.3. The van der Waals surface area contributed by atoms with Gasteiger partial charge >= 0.3 is 0 Å². The molecule has 9 aromatic carbocycles. The number of para-hydroxylation sites is 1. The predicted molar refractivity (Wildman–Crippen MR) is 219 cm³/mol. The first kappa shape index (κ1) is 29.7. The fourth-order valence-corrected chi connectivity index (χ4v) is 8.72. The smallest absolute Gasteiger partial charge is 0.143 e. The van der Waals surface area contributed by atoms with Crippen LogP contribution >= 0.6 is 0 Å². The van der Waals surface area contributed by atoms with Crippen molar-refractivity contribution in [2.45, 2.75) is 26.2 Å². The van der Waals surface area contributed by atoms with Gasteiger partial charge in [-0.2, -0.15) is 0 Å². The van der Waals surface area contributed by atoms with Crippen molar-refractivity contribution in [3.63, 3.8) is 0 Å². The van der Waals surface area contributed by atoms with Crippen LogP contribution in [0.25, 0.3) is 98.4 Å².